The van der Waals surface area contributed by atoms with E-state index >= 15 is 0 Å². The molecule has 0 bridgehead atoms. The summed E-state index contributed by atoms with van der Waals surface area (Å²) in [6, 6.07) is 2.66. The Balaban J connectivity index is 1.86. The molecule has 4 nitrogen and oxygen atoms in total. The van der Waals surface area contributed by atoms with Gasteiger partial charge in [-0.15, -0.1) is 0 Å². The van der Waals surface area contributed by atoms with Gasteiger partial charge in [0.1, 0.15) is 11.6 Å². The second-order valence-corrected chi connectivity index (χ2v) is 5.89. The minimum Gasteiger partial charge on any atom is -0.481 e. The Bertz CT molecular complexity index is 599. The quantitative estimate of drug-likeness (QED) is 0.910. The predicted molar refractivity (Wildman–Crippen MR) is 69.7 cm³/mol. The molecule has 1 saturated carbocycles. The van der Waals surface area contributed by atoms with E-state index in [0.29, 0.717) is 19.0 Å². The van der Waals surface area contributed by atoms with Gasteiger partial charge in [-0.25, -0.2) is 8.78 Å². The van der Waals surface area contributed by atoms with Gasteiger partial charge in [-0.1, -0.05) is 6.42 Å². The van der Waals surface area contributed by atoms with E-state index in [9.17, 15) is 23.5 Å². The third kappa shape index (κ3) is 2.18. The molecule has 1 heterocycles. The summed E-state index contributed by atoms with van der Waals surface area (Å²) in [6.07, 6.45) is 2.16. The molecule has 1 amide bonds. The first kappa shape index (κ1) is 14.0. The Morgan fingerprint density at radius 3 is 2.48 bits per heavy atom. The number of rotatable bonds is 2. The van der Waals surface area contributed by atoms with Gasteiger partial charge in [0, 0.05) is 24.7 Å². The van der Waals surface area contributed by atoms with Crippen molar-refractivity contribution >= 4 is 11.9 Å². The van der Waals surface area contributed by atoms with Crippen molar-refractivity contribution in [2.24, 2.45) is 11.3 Å². The zero-order valence-electron chi connectivity index (χ0n) is 11.3. The molecule has 1 aliphatic carbocycles. The average Bonchev–Trinajstić information content (AvgIpc) is 2.93. The number of aliphatic carboxylic acids is 1. The Morgan fingerprint density at radius 1 is 1.24 bits per heavy atom. The van der Waals surface area contributed by atoms with Gasteiger partial charge in [0.25, 0.3) is 5.91 Å². The first-order valence-electron chi connectivity index (χ1n) is 6.91. The van der Waals surface area contributed by atoms with Crippen molar-refractivity contribution in [2.45, 2.75) is 19.3 Å². The van der Waals surface area contributed by atoms with Crippen molar-refractivity contribution in [2.75, 3.05) is 13.1 Å². The molecular formula is C15H15F2NO3. The van der Waals surface area contributed by atoms with Crippen LogP contribution in [0.2, 0.25) is 0 Å². The van der Waals surface area contributed by atoms with Crippen molar-refractivity contribution in [1.29, 1.82) is 0 Å². The number of carboxylic acid groups (broad SMARTS) is 1. The highest BCUT2D eigenvalue weighted by Crippen LogP contribution is 2.49. The summed E-state index contributed by atoms with van der Waals surface area (Å²) in [4.78, 5) is 25.3. The highest BCUT2D eigenvalue weighted by atomic mass is 19.1. The topological polar surface area (TPSA) is 57.6 Å². The second kappa shape index (κ2) is 4.79. The van der Waals surface area contributed by atoms with E-state index in [-0.39, 0.29) is 18.0 Å². The Morgan fingerprint density at radius 2 is 1.90 bits per heavy atom. The minimum absolute atomic E-state index is 0.0719. The maximum Gasteiger partial charge on any atom is 0.311 e. The van der Waals surface area contributed by atoms with Crippen LogP contribution in [0.1, 0.15) is 29.6 Å². The van der Waals surface area contributed by atoms with Gasteiger partial charge in [0.05, 0.1) is 5.41 Å². The van der Waals surface area contributed by atoms with Crippen molar-refractivity contribution in [3.8, 4) is 0 Å². The van der Waals surface area contributed by atoms with E-state index < -0.39 is 28.9 Å². The van der Waals surface area contributed by atoms with Crippen LogP contribution in [0.4, 0.5) is 8.78 Å². The van der Waals surface area contributed by atoms with E-state index in [1.54, 1.807) is 0 Å². The number of carbonyl (C=O) groups excluding carboxylic acids is 1. The van der Waals surface area contributed by atoms with Gasteiger partial charge in [-0.05, 0) is 30.9 Å². The van der Waals surface area contributed by atoms with Crippen LogP contribution in [0.15, 0.2) is 18.2 Å². The lowest BCUT2D eigenvalue weighted by Gasteiger charge is -2.23. The minimum atomic E-state index is -0.887. The third-order valence-electron chi connectivity index (χ3n) is 4.69. The standard InChI is InChI=1S/C15H15F2NO3/c16-11-4-9(5-12(17)6-11)13(19)18-7-10-2-1-3-15(10,8-18)14(20)21/h4-6,10H,1-3,7-8H2,(H,20,21)/t10-,15+/m0/s1. The number of carboxylic acids is 1. The molecule has 2 atom stereocenters. The SMILES string of the molecule is O=C(c1cc(F)cc(F)c1)N1C[C@@H]2CCC[C@@]2(C(=O)O)C1. The van der Waals surface area contributed by atoms with Crippen LogP contribution >= 0.6 is 0 Å². The molecule has 2 aliphatic rings. The predicted octanol–water partition coefficient (Wildman–Crippen LogP) is 2.29. The number of likely N-dealkylation sites (tertiary alicyclic amines) is 1. The van der Waals surface area contributed by atoms with Crippen LogP contribution in [0.5, 0.6) is 0 Å². The first-order chi connectivity index (χ1) is 9.92. The second-order valence-electron chi connectivity index (χ2n) is 5.89. The molecule has 0 spiro atoms. The van der Waals surface area contributed by atoms with Crippen LogP contribution in [0.3, 0.4) is 0 Å². The van der Waals surface area contributed by atoms with Crippen molar-refractivity contribution in [3.05, 3.63) is 35.4 Å². The van der Waals surface area contributed by atoms with Crippen LogP contribution in [0.25, 0.3) is 0 Å². The molecule has 1 aliphatic heterocycles. The van der Waals surface area contributed by atoms with E-state index in [1.807, 2.05) is 0 Å². The number of hydrogen-bond donors (Lipinski definition) is 1. The monoisotopic (exact) mass is 295 g/mol. The van der Waals surface area contributed by atoms with Gasteiger partial charge >= 0.3 is 5.97 Å². The summed E-state index contributed by atoms with van der Waals surface area (Å²) < 4.78 is 26.4. The maximum atomic E-state index is 13.2. The molecule has 112 valence electrons. The van der Waals surface area contributed by atoms with Gasteiger partial charge < -0.3 is 10.0 Å². The number of carbonyl (C=O) groups is 2. The number of benzene rings is 1. The largest absolute Gasteiger partial charge is 0.481 e. The summed E-state index contributed by atoms with van der Waals surface area (Å²) in [5, 5.41) is 9.47. The Hall–Kier alpha value is -1.98. The van der Waals surface area contributed by atoms with Gasteiger partial charge in [-0.2, -0.15) is 0 Å². The molecule has 0 radical (unpaired) electrons. The zero-order valence-corrected chi connectivity index (χ0v) is 11.3. The molecular weight excluding hydrogens is 280 g/mol. The maximum absolute atomic E-state index is 13.2. The molecule has 1 saturated heterocycles. The summed E-state index contributed by atoms with van der Waals surface area (Å²) in [6.45, 7) is 0.452. The van der Waals surface area contributed by atoms with E-state index in [1.165, 1.54) is 4.90 Å². The molecule has 21 heavy (non-hydrogen) atoms. The highest BCUT2D eigenvalue weighted by Gasteiger charge is 2.55. The Kier molecular flexibility index (Phi) is 3.19. The first-order valence-corrected chi connectivity index (χ1v) is 6.91. The summed E-state index contributed by atoms with van der Waals surface area (Å²) >= 11 is 0. The lowest BCUT2D eigenvalue weighted by atomic mass is 9.81. The van der Waals surface area contributed by atoms with Crippen LogP contribution in [-0.2, 0) is 4.79 Å². The molecule has 1 N–H and O–H groups in total. The molecule has 0 aromatic heterocycles. The number of amides is 1. The van der Waals surface area contributed by atoms with Gasteiger partial charge in [-0.3, -0.25) is 9.59 Å². The normalized spacial score (nSPS) is 27.7. The van der Waals surface area contributed by atoms with Crippen LogP contribution in [-0.4, -0.2) is 35.0 Å². The van der Waals surface area contributed by atoms with Crippen molar-refractivity contribution in [3.63, 3.8) is 0 Å². The zero-order chi connectivity index (χ0) is 15.2. The number of hydrogen-bond acceptors (Lipinski definition) is 2. The third-order valence-corrected chi connectivity index (χ3v) is 4.69. The van der Waals surface area contributed by atoms with Crippen LogP contribution in [0, 0.1) is 23.0 Å². The molecule has 3 rings (SSSR count). The van der Waals surface area contributed by atoms with E-state index in [4.69, 9.17) is 0 Å². The average molecular weight is 295 g/mol. The van der Waals surface area contributed by atoms with Crippen LogP contribution < -0.4 is 0 Å². The smallest absolute Gasteiger partial charge is 0.311 e. The number of nitrogens with zero attached hydrogens (tertiary/aromatic N) is 1. The molecule has 6 heteroatoms. The highest BCUT2D eigenvalue weighted by molar-refractivity contribution is 5.95. The van der Waals surface area contributed by atoms with Gasteiger partial charge in [0.2, 0.25) is 0 Å². The lowest BCUT2D eigenvalue weighted by molar-refractivity contribution is -0.149. The number of halogens is 2. The molecule has 0 unspecified atom stereocenters. The Labute approximate surface area is 120 Å². The van der Waals surface area contributed by atoms with Crippen molar-refractivity contribution < 1.29 is 23.5 Å². The fourth-order valence-corrected chi connectivity index (χ4v) is 3.65. The van der Waals surface area contributed by atoms with Gasteiger partial charge in [0.15, 0.2) is 0 Å². The molecule has 1 aromatic rings. The fraction of sp³-hybridized carbons (Fsp3) is 0.467. The summed E-state index contributed by atoms with van der Waals surface area (Å²) in [5.41, 5.74) is -0.963. The lowest BCUT2D eigenvalue weighted by Crippen LogP contribution is -2.37. The van der Waals surface area contributed by atoms with E-state index in [0.717, 1.165) is 25.0 Å². The van der Waals surface area contributed by atoms with Crippen molar-refractivity contribution in [1.82, 2.24) is 4.90 Å². The summed E-state index contributed by atoms with van der Waals surface area (Å²) in [5.74, 6) is -3.09. The van der Waals surface area contributed by atoms with E-state index in [2.05, 4.69) is 0 Å². The molecule has 1 aromatic carbocycles. The summed E-state index contributed by atoms with van der Waals surface area (Å²) in [7, 11) is 0. The fourth-order valence-electron chi connectivity index (χ4n) is 3.65. The number of fused-ring (bicyclic) bond motifs is 1. The molecule has 2 fully saturated rings.